The highest BCUT2D eigenvalue weighted by molar-refractivity contribution is 6.07. The molecule has 0 aliphatic heterocycles. The Morgan fingerprint density at radius 1 is 1.19 bits per heavy atom. The van der Waals surface area contributed by atoms with Gasteiger partial charge in [0.2, 0.25) is 0 Å². The van der Waals surface area contributed by atoms with E-state index in [0.717, 1.165) is 5.69 Å². The number of carbonyl (C=O) groups is 1. The first-order valence-electron chi connectivity index (χ1n) is 6.31. The fourth-order valence-corrected chi connectivity index (χ4v) is 1.89. The number of nitrogens with one attached hydrogen (secondary N) is 1. The monoisotopic (exact) mass is 287 g/mol. The molecule has 0 spiro atoms. The fraction of sp³-hybridized carbons (Fsp3) is 0.200. The van der Waals surface area contributed by atoms with Crippen molar-refractivity contribution >= 4 is 17.4 Å². The van der Waals surface area contributed by atoms with Gasteiger partial charge in [-0.25, -0.2) is 4.98 Å². The lowest BCUT2D eigenvalue weighted by atomic mass is 10.1. The molecular weight excluding hydrogens is 270 g/mol. The highest BCUT2D eigenvalue weighted by Crippen LogP contribution is 2.32. The van der Waals surface area contributed by atoms with Gasteiger partial charge in [-0.2, -0.15) is 0 Å². The molecule has 6 nitrogen and oxygen atoms in total. The average Bonchev–Trinajstić information content (AvgIpc) is 2.46. The summed E-state index contributed by atoms with van der Waals surface area (Å²) in [6.45, 7) is 1.85. The summed E-state index contributed by atoms with van der Waals surface area (Å²) in [4.78, 5) is 16.5. The first-order chi connectivity index (χ1) is 10.0. The molecule has 0 aliphatic rings. The number of nitrogens with two attached hydrogens (primary N) is 1. The number of hydrogen-bond acceptors (Lipinski definition) is 5. The SMILES string of the molecule is COc1cc(N)c(C(=O)Nc2cccc(C)n2)cc1OC. The summed E-state index contributed by atoms with van der Waals surface area (Å²) >= 11 is 0. The maximum atomic E-state index is 12.3. The van der Waals surface area contributed by atoms with Crippen molar-refractivity contribution in [3.8, 4) is 11.5 Å². The summed E-state index contributed by atoms with van der Waals surface area (Å²) in [5.74, 6) is 1.02. The van der Waals surface area contributed by atoms with Crippen LogP contribution in [0, 0.1) is 6.92 Å². The maximum absolute atomic E-state index is 12.3. The molecule has 0 radical (unpaired) electrons. The topological polar surface area (TPSA) is 86.5 Å². The first kappa shape index (κ1) is 14.6. The van der Waals surface area contributed by atoms with Crippen LogP contribution in [0.5, 0.6) is 11.5 Å². The van der Waals surface area contributed by atoms with E-state index in [1.54, 1.807) is 18.2 Å². The Kier molecular flexibility index (Phi) is 4.27. The van der Waals surface area contributed by atoms with Gasteiger partial charge in [-0.1, -0.05) is 6.07 Å². The van der Waals surface area contributed by atoms with Crippen LogP contribution in [-0.2, 0) is 0 Å². The number of hydrogen-bond donors (Lipinski definition) is 2. The van der Waals surface area contributed by atoms with E-state index in [1.807, 2.05) is 19.1 Å². The van der Waals surface area contributed by atoms with Gasteiger partial charge in [-0.3, -0.25) is 4.79 Å². The van der Waals surface area contributed by atoms with Crippen LogP contribution in [-0.4, -0.2) is 25.1 Å². The van der Waals surface area contributed by atoms with Crippen LogP contribution >= 0.6 is 0 Å². The van der Waals surface area contributed by atoms with Gasteiger partial charge in [0.25, 0.3) is 5.91 Å². The summed E-state index contributed by atoms with van der Waals surface area (Å²) in [6.07, 6.45) is 0. The van der Waals surface area contributed by atoms with Gasteiger partial charge in [-0.05, 0) is 25.1 Å². The van der Waals surface area contributed by atoms with Crippen molar-refractivity contribution in [1.82, 2.24) is 4.98 Å². The standard InChI is InChI=1S/C15H17N3O3/c1-9-5-4-6-14(17-9)18-15(19)10-7-12(20-2)13(21-3)8-11(10)16/h4-8H,16H2,1-3H3,(H,17,18,19). The van der Waals surface area contributed by atoms with Crippen molar-refractivity contribution in [2.24, 2.45) is 0 Å². The number of rotatable bonds is 4. The van der Waals surface area contributed by atoms with Crippen LogP contribution in [0.25, 0.3) is 0 Å². The zero-order valence-corrected chi connectivity index (χ0v) is 12.1. The highest BCUT2D eigenvalue weighted by Gasteiger charge is 2.15. The lowest BCUT2D eigenvalue weighted by Crippen LogP contribution is -2.15. The van der Waals surface area contributed by atoms with Gasteiger partial charge in [0, 0.05) is 17.4 Å². The predicted molar refractivity (Wildman–Crippen MR) is 80.9 cm³/mol. The molecule has 1 aromatic heterocycles. The molecule has 1 heterocycles. The number of benzene rings is 1. The number of pyridine rings is 1. The molecular formula is C15H17N3O3. The minimum Gasteiger partial charge on any atom is -0.493 e. The lowest BCUT2D eigenvalue weighted by Gasteiger charge is -2.12. The van der Waals surface area contributed by atoms with Crippen LogP contribution in [0.3, 0.4) is 0 Å². The van der Waals surface area contributed by atoms with Gasteiger partial charge >= 0.3 is 0 Å². The Morgan fingerprint density at radius 2 is 1.86 bits per heavy atom. The van der Waals surface area contributed by atoms with Crippen LogP contribution in [0.2, 0.25) is 0 Å². The van der Waals surface area contributed by atoms with E-state index >= 15 is 0 Å². The molecule has 6 heteroatoms. The van der Waals surface area contributed by atoms with Crippen molar-refractivity contribution < 1.29 is 14.3 Å². The number of aryl methyl sites for hydroxylation is 1. The molecule has 1 amide bonds. The van der Waals surface area contributed by atoms with Crippen LogP contribution in [0.1, 0.15) is 16.1 Å². The summed E-state index contributed by atoms with van der Waals surface area (Å²) in [5, 5.41) is 2.70. The molecule has 110 valence electrons. The second kappa shape index (κ2) is 6.13. The van der Waals surface area contributed by atoms with Crippen LogP contribution in [0.15, 0.2) is 30.3 Å². The third kappa shape index (κ3) is 3.22. The van der Waals surface area contributed by atoms with Gasteiger partial charge in [0.1, 0.15) is 5.82 Å². The second-order valence-corrected chi connectivity index (χ2v) is 4.41. The Morgan fingerprint density at radius 3 is 2.48 bits per heavy atom. The normalized spacial score (nSPS) is 10.0. The van der Waals surface area contributed by atoms with Crippen molar-refractivity contribution in [3.63, 3.8) is 0 Å². The molecule has 0 atom stereocenters. The minimum absolute atomic E-state index is 0.302. The van der Waals surface area contributed by atoms with Crippen molar-refractivity contribution in [2.45, 2.75) is 6.92 Å². The predicted octanol–water partition coefficient (Wildman–Crippen LogP) is 2.24. The number of nitrogens with zero attached hydrogens (tertiary/aromatic N) is 1. The zero-order valence-electron chi connectivity index (χ0n) is 12.1. The lowest BCUT2D eigenvalue weighted by molar-refractivity contribution is 0.102. The van der Waals surface area contributed by atoms with E-state index in [9.17, 15) is 4.79 Å². The number of anilines is 2. The smallest absolute Gasteiger partial charge is 0.259 e. The minimum atomic E-state index is -0.355. The Bertz CT molecular complexity index is 671. The summed E-state index contributed by atoms with van der Waals surface area (Å²) in [7, 11) is 3.01. The maximum Gasteiger partial charge on any atom is 0.259 e. The van der Waals surface area contributed by atoms with Gasteiger partial charge < -0.3 is 20.5 Å². The van der Waals surface area contributed by atoms with Gasteiger partial charge in [0.05, 0.1) is 19.8 Å². The largest absolute Gasteiger partial charge is 0.493 e. The van der Waals surface area contributed by atoms with E-state index in [4.69, 9.17) is 15.2 Å². The zero-order chi connectivity index (χ0) is 15.4. The number of methoxy groups -OCH3 is 2. The molecule has 3 N–H and O–H groups in total. The van der Waals surface area contributed by atoms with Crippen LogP contribution in [0.4, 0.5) is 11.5 Å². The molecule has 0 saturated carbocycles. The third-order valence-electron chi connectivity index (χ3n) is 2.93. The van der Waals surface area contributed by atoms with Crippen LogP contribution < -0.4 is 20.5 Å². The Balaban J connectivity index is 2.31. The molecule has 0 unspecified atom stereocenters. The van der Waals surface area contributed by atoms with E-state index in [1.165, 1.54) is 14.2 Å². The molecule has 2 rings (SSSR count). The number of carbonyl (C=O) groups excluding carboxylic acids is 1. The van der Waals surface area contributed by atoms with Crippen molar-refractivity contribution in [3.05, 3.63) is 41.6 Å². The average molecular weight is 287 g/mol. The fourth-order valence-electron chi connectivity index (χ4n) is 1.89. The summed E-state index contributed by atoms with van der Waals surface area (Å²) in [5.41, 5.74) is 7.31. The second-order valence-electron chi connectivity index (χ2n) is 4.41. The number of nitrogen functional groups attached to an aromatic ring is 1. The van der Waals surface area contributed by atoms with Crippen molar-refractivity contribution in [1.29, 1.82) is 0 Å². The summed E-state index contributed by atoms with van der Waals surface area (Å²) < 4.78 is 10.3. The molecule has 21 heavy (non-hydrogen) atoms. The Hall–Kier alpha value is -2.76. The third-order valence-corrected chi connectivity index (χ3v) is 2.93. The number of aromatic nitrogens is 1. The van der Waals surface area contributed by atoms with E-state index < -0.39 is 0 Å². The van der Waals surface area contributed by atoms with Crippen molar-refractivity contribution in [2.75, 3.05) is 25.3 Å². The molecule has 0 bridgehead atoms. The van der Waals surface area contributed by atoms with E-state index in [0.29, 0.717) is 28.6 Å². The quantitative estimate of drug-likeness (QED) is 0.842. The Labute approximate surface area is 122 Å². The molecule has 0 fully saturated rings. The first-order valence-corrected chi connectivity index (χ1v) is 6.31. The summed E-state index contributed by atoms with van der Waals surface area (Å²) in [6, 6.07) is 8.47. The van der Waals surface area contributed by atoms with Gasteiger partial charge in [0.15, 0.2) is 11.5 Å². The molecule has 0 saturated heterocycles. The van der Waals surface area contributed by atoms with E-state index in [-0.39, 0.29) is 5.91 Å². The molecule has 2 aromatic rings. The molecule has 0 aliphatic carbocycles. The highest BCUT2D eigenvalue weighted by atomic mass is 16.5. The molecule has 1 aromatic carbocycles. The number of ether oxygens (including phenoxy) is 2. The van der Waals surface area contributed by atoms with E-state index in [2.05, 4.69) is 10.3 Å². The number of amides is 1. The van der Waals surface area contributed by atoms with Gasteiger partial charge in [-0.15, -0.1) is 0 Å².